The van der Waals surface area contributed by atoms with Crippen LogP contribution in [-0.2, 0) is 16.1 Å². The molecule has 1 saturated heterocycles. The second kappa shape index (κ2) is 8.43. The molecule has 2 heterocycles. The summed E-state index contributed by atoms with van der Waals surface area (Å²) in [5.74, 6) is -0.218. The van der Waals surface area contributed by atoms with E-state index < -0.39 is 23.9 Å². The Labute approximate surface area is 189 Å². The Morgan fingerprint density at radius 1 is 1.09 bits per heavy atom. The van der Waals surface area contributed by atoms with Gasteiger partial charge >= 0.3 is 18.0 Å². The molecule has 0 aromatic heterocycles. The normalized spacial score (nSPS) is 18.0. The van der Waals surface area contributed by atoms with Crippen molar-refractivity contribution in [2.45, 2.75) is 12.6 Å². The van der Waals surface area contributed by atoms with E-state index in [1.54, 1.807) is 42.0 Å². The number of benzene rings is 2. The molecule has 0 bridgehead atoms. The topological polar surface area (TPSA) is 91.5 Å². The van der Waals surface area contributed by atoms with Crippen molar-refractivity contribution in [3.63, 3.8) is 0 Å². The Morgan fingerprint density at radius 3 is 2.44 bits per heavy atom. The van der Waals surface area contributed by atoms with Crippen molar-refractivity contribution in [3.05, 3.63) is 64.7 Å². The largest absolute Gasteiger partial charge is 0.502 e. The number of hydrogen-bond donors (Lipinski definition) is 0. The highest BCUT2D eigenvalue weighted by Gasteiger charge is 2.54. The number of aliphatic imine (C=N–C) groups is 1. The van der Waals surface area contributed by atoms with Gasteiger partial charge < -0.3 is 9.47 Å². The van der Waals surface area contributed by atoms with E-state index in [2.05, 4.69) is 4.99 Å². The van der Waals surface area contributed by atoms with E-state index in [1.165, 1.54) is 19.1 Å². The Kier molecular flexibility index (Phi) is 5.67. The summed E-state index contributed by atoms with van der Waals surface area (Å²) >= 11 is 6.35. The number of methoxy groups -OCH3 is 1. The van der Waals surface area contributed by atoms with Crippen molar-refractivity contribution < 1.29 is 28.4 Å². The fraction of sp³-hybridized carbons (Fsp3) is 0.227. The summed E-state index contributed by atoms with van der Waals surface area (Å²) in [5, 5.41) is 0.531. The fourth-order valence-electron chi connectivity index (χ4n) is 3.51. The molecule has 3 amide bonds. The molecule has 32 heavy (non-hydrogen) atoms. The fourth-order valence-corrected chi connectivity index (χ4v) is 3.70. The number of esters is 1. The van der Waals surface area contributed by atoms with Gasteiger partial charge in [0.1, 0.15) is 12.3 Å². The third-order valence-electron chi connectivity index (χ3n) is 5.28. The van der Waals surface area contributed by atoms with Crippen LogP contribution in [0.5, 0.6) is 5.75 Å². The number of carbonyl (C=O) groups excluding carboxylic acids is 3. The van der Waals surface area contributed by atoms with Crippen molar-refractivity contribution in [3.8, 4) is 5.75 Å². The first-order chi connectivity index (χ1) is 15.3. The quantitative estimate of drug-likeness (QED) is 0.521. The van der Waals surface area contributed by atoms with E-state index in [0.29, 0.717) is 16.3 Å². The summed E-state index contributed by atoms with van der Waals surface area (Å²) in [5.41, 5.74) is 1.13. The second-order valence-corrected chi connectivity index (χ2v) is 7.64. The molecule has 10 heteroatoms. The lowest BCUT2D eigenvalue weighted by atomic mass is 10.1. The highest BCUT2D eigenvalue weighted by Crippen LogP contribution is 2.24. The van der Waals surface area contributed by atoms with Crippen molar-refractivity contribution in [2.24, 2.45) is 4.99 Å². The van der Waals surface area contributed by atoms with E-state index in [-0.39, 0.29) is 18.4 Å². The monoisotopic (exact) mass is 455 g/mol. The lowest BCUT2D eigenvalue weighted by Crippen LogP contribution is -2.61. The molecule has 4 rings (SSSR count). The van der Waals surface area contributed by atoms with Crippen LogP contribution in [0.3, 0.4) is 0 Å². The zero-order valence-corrected chi connectivity index (χ0v) is 18.4. The third-order valence-corrected chi connectivity index (χ3v) is 5.65. The van der Waals surface area contributed by atoms with Gasteiger partial charge in [-0.25, -0.2) is 9.59 Å². The number of carbonyl (C=O) groups is 3. The van der Waals surface area contributed by atoms with Crippen LogP contribution in [0.25, 0.3) is 0 Å². The summed E-state index contributed by atoms with van der Waals surface area (Å²) < 4.78 is 12.3. The predicted molar refractivity (Wildman–Crippen MR) is 116 cm³/mol. The first kappa shape index (κ1) is 21.5. The van der Waals surface area contributed by atoms with Crippen LogP contribution in [0.15, 0.2) is 53.5 Å². The second-order valence-electron chi connectivity index (χ2n) is 7.23. The van der Waals surface area contributed by atoms with Crippen molar-refractivity contribution in [1.82, 2.24) is 9.80 Å². The van der Waals surface area contributed by atoms with Crippen LogP contribution >= 0.6 is 11.6 Å². The molecule has 164 valence electrons. The number of imide groups is 1. The number of halogens is 1. The minimum absolute atomic E-state index is 0.138. The lowest BCUT2D eigenvalue weighted by Gasteiger charge is -2.30. The Morgan fingerprint density at radius 2 is 1.78 bits per heavy atom. The molecule has 2 aromatic carbocycles. The van der Waals surface area contributed by atoms with Gasteiger partial charge in [-0.3, -0.25) is 14.6 Å². The predicted octanol–water partition coefficient (Wildman–Crippen LogP) is 2.38. The molecule has 1 atom stereocenters. The van der Waals surface area contributed by atoms with Gasteiger partial charge in [-0.2, -0.15) is 4.58 Å². The van der Waals surface area contributed by atoms with E-state index in [9.17, 15) is 14.4 Å². The van der Waals surface area contributed by atoms with E-state index >= 15 is 0 Å². The first-order valence-electron chi connectivity index (χ1n) is 9.69. The summed E-state index contributed by atoms with van der Waals surface area (Å²) in [7, 11) is 4.28. The molecule has 2 aliphatic rings. The highest BCUT2D eigenvalue weighted by atomic mass is 35.5. The van der Waals surface area contributed by atoms with Crippen molar-refractivity contribution in [1.29, 1.82) is 0 Å². The number of fused-ring (bicyclic) bond motifs is 1. The van der Waals surface area contributed by atoms with Crippen LogP contribution in [0.2, 0.25) is 5.02 Å². The van der Waals surface area contributed by atoms with Crippen LogP contribution in [-0.4, -0.2) is 71.4 Å². The maximum atomic E-state index is 13.0. The molecule has 1 fully saturated rings. The zero-order valence-electron chi connectivity index (χ0n) is 17.6. The number of ether oxygens (including phenoxy) is 2. The number of amides is 3. The van der Waals surface area contributed by atoms with Gasteiger partial charge in [0.25, 0.3) is 17.8 Å². The smallest absolute Gasteiger partial charge is 0.465 e. The highest BCUT2D eigenvalue weighted by molar-refractivity contribution is 6.31. The molecule has 2 aliphatic heterocycles. The molecule has 0 spiro atoms. The van der Waals surface area contributed by atoms with Crippen molar-refractivity contribution in [2.75, 3.05) is 21.2 Å². The van der Waals surface area contributed by atoms with Crippen LogP contribution in [0, 0.1) is 0 Å². The number of rotatable bonds is 4. The number of amidine groups is 2. The van der Waals surface area contributed by atoms with Crippen LogP contribution in [0.4, 0.5) is 4.79 Å². The lowest BCUT2D eigenvalue weighted by molar-refractivity contribution is -0.557. The minimum Gasteiger partial charge on any atom is -0.465 e. The zero-order chi connectivity index (χ0) is 23.0. The molecule has 0 N–H and O–H groups in total. The van der Waals surface area contributed by atoms with Gasteiger partial charge in [-0.1, -0.05) is 29.8 Å². The summed E-state index contributed by atoms with van der Waals surface area (Å²) in [6.07, 6.45) is 0. The van der Waals surface area contributed by atoms with Crippen molar-refractivity contribution >= 4 is 41.4 Å². The molecule has 0 radical (unpaired) electrons. The SMILES string of the molecule is COC(=O)c1ccc(OC2=[N+](Cc3ccccc3Cl)C3C(=O)N(C)C(=O)N(C)C3=N2)cc1. The maximum Gasteiger partial charge on any atom is 0.502 e. The van der Waals surface area contributed by atoms with Crippen LogP contribution < -0.4 is 4.74 Å². The molecule has 1 unspecified atom stereocenters. The number of urea groups is 1. The average molecular weight is 456 g/mol. The van der Waals surface area contributed by atoms with Gasteiger partial charge in [0.2, 0.25) is 0 Å². The molecule has 9 nitrogen and oxygen atoms in total. The molecule has 0 saturated carbocycles. The Hall–Kier alpha value is -3.72. The van der Waals surface area contributed by atoms with Gasteiger partial charge in [0.15, 0.2) is 0 Å². The first-order valence-corrected chi connectivity index (χ1v) is 10.1. The van der Waals surface area contributed by atoms with Crippen LogP contribution in [0.1, 0.15) is 15.9 Å². The molecular formula is C22H20ClN4O5+. The standard InChI is InChI=1S/C22H20ClN4O5/c1-25-18-17(19(28)26(2)22(25)30)27(12-14-6-4-5-7-16(14)23)21(24-18)32-15-10-8-13(9-11-15)20(29)31-3/h4-11,17H,12H2,1-3H3/q+1. The summed E-state index contributed by atoms with van der Waals surface area (Å²) in [4.78, 5) is 43.9. The third kappa shape index (κ3) is 3.71. The average Bonchev–Trinajstić information content (AvgIpc) is 3.15. The van der Waals surface area contributed by atoms with Gasteiger partial charge in [0, 0.05) is 29.7 Å². The van der Waals surface area contributed by atoms with E-state index in [4.69, 9.17) is 21.1 Å². The number of hydrogen-bond acceptors (Lipinski definition) is 6. The minimum atomic E-state index is -0.844. The summed E-state index contributed by atoms with van der Waals surface area (Å²) in [6.45, 7) is 0.231. The van der Waals surface area contributed by atoms with E-state index in [1.807, 2.05) is 18.2 Å². The van der Waals surface area contributed by atoms with Gasteiger partial charge in [-0.05, 0) is 30.3 Å². The molecule has 2 aromatic rings. The van der Waals surface area contributed by atoms with Gasteiger partial charge in [0.05, 0.1) is 12.7 Å². The summed E-state index contributed by atoms with van der Waals surface area (Å²) in [6, 6.07) is 12.4. The number of nitrogens with zero attached hydrogens (tertiary/aromatic N) is 4. The molecule has 0 aliphatic carbocycles. The molecular weight excluding hydrogens is 436 g/mol. The number of likely N-dealkylation sites (N-methyl/N-ethyl adjacent to an activating group) is 2. The van der Waals surface area contributed by atoms with E-state index in [0.717, 1.165) is 10.5 Å². The van der Waals surface area contributed by atoms with Gasteiger partial charge in [-0.15, -0.1) is 0 Å². The maximum absolute atomic E-state index is 13.0. The Bertz CT molecular complexity index is 1180. The Balaban J connectivity index is 1.74.